The van der Waals surface area contributed by atoms with Crippen LogP contribution in [-0.2, 0) is 6.18 Å². The van der Waals surface area contributed by atoms with Crippen LogP contribution in [0.4, 0.5) is 13.2 Å². The van der Waals surface area contributed by atoms with Crippen LogP contribution in [0.3, 0.4) is 0 Å². The summed E-state index contributed by atoms with van der Waals surface area (Å²) in [5.41, 5.74) is -0.167. The highest BCUT2D eigenvalue weighted by Crippen LogP contribution is 2.41. The summed E-state index contributed by atoms with van der Waals surface area (Å²) >= 11 is 5.78. The Hall–Kier alpha value is -2.27. The molecule has 2 aromatic carbocycles. The Labute approximate surface area is 129 Å². The lowest BCUT2D eigenvalue weighted by Gasteiger charge is -2.10. The topological polar surface area (TPSA) is 28.7 Å². The zero-order valence-corrected chi connectivity index (χ0v) is 11.9. The Kier molecular flexibility index (Phi) is 3.66. The first kappa shape index (κ1) is 14.7. The largest absolute Gasteiger partial charge is 0.420 e. The van der Waals surface area contributed by atoms with Crippen LogP contribution in [0.5, 0.6) is 0 Å². The summed E-state index contributed by atoms with van der Waals surface area (Å²) in [6.07, 6.45) is -4.52. The van der Waals surface area contributed by atoms with Crippen molar-refractivity contribution in [3.05, 3.63) is 65.2 Å². The fraction of sp³-hybridized carbons (Fsp3) is 0.0625. The highest BCUT2D eigenvalue weighted by atomic mass is 35.5. The first-order chi connectivity index (χ1) is 10.5. The smallest absolute Gasteiger partial charge is 0.277 e. The minimum Gasteiger partial charge on any atom is -0.277 e. The van der Waals surface area contributed by atoms with Gasteiger partial charge in [0.05, 0.1) is 5.69 Å². The van der Waals surface area contributed by atoms with Crippen LogP contribution in [0, 0.1) is 0 Å². The molecule has 0 amide bonds. The molecular weight excluding hydrogens is 313 g/mol. The molecule has 0 aliphatic heterocycles. The zero-order chi connectivity index (χ0) is 15.7. The van der Waals surface area contributed by atoms with Gasteiger partial charge in [-0.25, -0.2) is 0 Å². The van der Waals surface area contributed by atoms with E-state index in [2.05, 4.69) is 10.2 Å². The summed E-state index contributed by atoms with van der Waals surface area (Å²) in [6, 6.07) is 14.4. The van der Waals surface area contributed by atoms with E-state index in [9.17, 15) is 13.2 Å². The normalized spacial score (nSPS) is 11.6. The average molecular weight is 323 g/mol. The summed E-state index contributed by atoms with van der Waals surface area (Å²) in [6.45, 7) is 0. The van der Waals surface area contributed by atoms with E-state index < -0.39 is 11.7 Å². The number of hydrogen-bond donors (Lipinski definition) is 1. The van der Waals surface area contributed by atoms with E-state index in [1.807, 2.05) is 0 Å². The van der Waals surface area contributed by atoms with Crippen molar-refractivity contribution >= 4 is 11.6 Å². The summed E-state index contributed by atoms with van der Waals surface area (Å²) in [5, 5.41) is 6.83. The molecule has 0 unspecified atom stereocenters. The molecule has 0 spiro atoms. The van der Waals surface area contributed by atoms with Gasteiger partial charge in [-0.15, -0.1) is 0 Å². The van der Waals surface area contributed by atoms with E-state index in [1.54, 1.807) is 42.5 Å². The SMILES string of the molecule is FC(F)(F)c1c(-c2ccccc2)n[nH]c1-c1ccc(Cl)cc1. The quantitative estimate of drug-likeness (QED) is 0.671. The Morgan fingerprint density at radius 2 is 1.50 bits per heavy atom. The van der Waals surface area contributed by atoms with Crippen molar-refractivity contribution in [1.82, 2.24) is 10.2 Å². The molecule has 1 heterocycles. The highest BCUT2D eigenvalue weighted by molar-refractivity contribution is 6.30. The molecule has 22 heavy (non-hydrogen) atoms. The van der Waals surface area contributed by atoms with Gasteiger partial charge in [-0.3, -0.25) is 5.10 Å². The monoisotopic (exact) mass is 322 g/mol. The maximum absolute atomic E-state index is 13.5. The van der Waals surface area contributed by atoms with Crippen molar-refractivity contribution in [2.45, 2.75) is 6.18 Å². The van der Waals surface area contributed by atoms with Crippen molar-refractivity contribution in [3.63, 3.8) is 0 Å². The molecule has 0 bridgehead atoms. The Balaban J connectivity index is 2.20. The fourth-order valence-electron chi connectivity index (χ4n) is 2.25. The van der Waals surface area contributed by atoms with Crippen molar-refractivity contribution in [2.75, 3.05) is 0 Å². The number of aromatic nitrogens is 2. The number of halogens is 4. The fourth-order valence-corrected chi connectivity index (χ4v) is 2.37. The van der Waals surface area contributed by atoms with Crippen LogP contribution in [0.2, 0.25) is 5.02 Å². The summed E-state index contributed by atoms with van der Waals surface area (Å²) < 4.78 is 40.5. The number of nitrogens with zero attached hydrogens (tertiary/aromatic N) is 1. The van der Waals surface area contributed by atoms with Gasteiger partial charge in [-0.1, -0.05) is 54.1 Å². The number of hydrogen-bond acceptors (Lipinski definition) is 1. The zero-order valence-electron chi connectivity index (χ0n) is 11.2. The van der Waals surface area contributed by atoms with Crippen molar-refractivity contribution in [3.8, 4) is 22.5 Å². The number of benzene rings is 2. The van der Waals surface area contributed by atoms with E-state index in [-0.39, 0.29) is 11.4 Å². The molecule has 0 saturated heterocycles. The third-order valence-corrected chi connectivity index (χ3v) is 3.48. The van der Waals surface area contributed by atoms with Gasteiger partial charge in [-0.05, 0) is 12.1 Å². The van der Waals surface area contributed by atoms with Crippen molar-refractivity contribution < 1.29 is 13.2 Å². The molecule has 0 radical (unpaired) electrons. The molecule has 1 aromatic heterocycles. The molecule has 1 N–H and O–H groups in total. The molecule has 112 valence electrons. The number of H-pyrrole nitrogens is 1. The molecule has 0 atom stereocenters. The Morgan fingerprint density at radius 1 is 0.864 bits per heavy atom. The molecule has 3 aromatic rings. The van der Waals surface area contributed by atoms with E-state index in [0.717, 1.165) is 0 Å². The van der Waals surface area contributed by atoms with Gasteiger partial charge < -0.3 is 0 Å². The van der Waals surface area contributed by atoms with Crippen molar-refractivity contribution in [2.24, 2.45) is 0 Å². The number of aromatic amines is 1. The second kappa shape index (κ2) is 5.50. The van der Waals surface area contributed by atoms with Crippen LogP contribution in [0.15, 0.2) is 54.6 Å². The third kappa shape index (κ3) is 2.72. The number of nitrogens with one attached hydrogen (secondary N) is 1. The number of rotatable bonds is 2. The van der Waals surface area contributed by atoms with E-state index >= 15 is 0 Å². The van der Waals surface area contributed by atoms with E-state index in [1.165, 1.54) is 12.1 Å². The van der Waals surface area contributed by atoms with Gasteiger partial charge in [0.25, 0.3) is 0 Å². The summed E-state index contributed by atoms with van der Waals surface area (Å²) in [7, 11) is 0. The minimum absolute atomic E-state index is 0.0666. The molecule has 3 rings (SSSR count). The average Bonchev–Trinajstić information content (AvgIpc) is 2.94. The second-order valence-electron chi connectivity index (χ2n) is 4.69. The summed E-state index contributed by atoms with van der Waals surface area (Å²) in [5.74, 6) is 0. The molecule has 0 saturated carbocycles. The predicted octanol–water partition coefficient (Wildman–Crippen LogP) is 5.42. The van der Waals surface area contributed by atoms with Crippen LogP contribution < -0.4 is 0 Å². The predicted molar refractivity (Wildman–Crippen MR) is 79.5 cm³/mol. The molecule has 0 aliphatic rings. The third-order valence-electron chi connectivity index (χ3n) is 3.23. The van der Waals surface area contributed by atoms with Gasteiger partial charge >= 0.3 is 6.18 Å². The second-order valence-corrected chi connectivity index (χ2v) is 5.13. The lowest BCUT2D eigenvalue weighted by atomic mass is 10.0. The molecule has 6 heteroatoms. The minimum atomic E-state index is -4.52. The van der Waals surface area contributed by atoms with E-state index in [0.29, 0.717) is 16.1 Å². The molecule has 0 aliphatic carbocycles. The lowest BCUT2D eigenvalue weighted by molar-refractivity contribution is -0.136. The summed E-state index contributed by atoms with van der Waals surface area (Å²) in [4.78, 5) is 0. The lowest BCUT2D eigenvalue weighted by Crippen LogP contribution is -2.07. The Morgan fingerprint density at radius 3 is 2.09 bits per heavy atom. The standard InChI is InChI=1S/C16H10ClF3N2/c17-12-8-6-11(7-9-12)15-13(16(18,19)20)14(21-22-15)10-4-2-1-3-5-10/h1-9H,(H,21,22). The van der Waals surface area contributed by atoms with E-state index in [4.69, 9.17) is 11.6 Å². The molecule has 0 fully saturated rings. The van der Waals surface area contributed by atoms with Gasteiger partial charge in [0.2, 0.25) is 0 Å². The Bertz CT molecular complexity index is 777. The van der Waals surface area contributed by atoms with Gasteiger partial charge in [0, 0.05) is 16.1 Å². The maximum Gasteiger partial charge on any atom is 0.420 e. The van der Waals surface area contributed by atoms with Gasteiger partial charge in [0.1, 0.15) is 11.3 Å². The molecule has 2 nitrogen and oxygen atoms in total. The van der Waals surface area contributed by atoms with Crippen molar-refractivity contribution in [1.29, 1.82) is 0 Å². The van der Waals surface area contributed by atoms with Crippen LogP contribution in [-0.4, -0.2) is 10.2 Å². The van der Waals surface area contributed by atoms with Gasteiger partial charge in [0.15, 0.2) is 0 Å². The first-order valence-corrected chi connectivity index (χ1v) is 6.81. The number of alkyl halides is 3. The maximum atomic E-state index is 13.5. The van der Waals surface area contributed by atoms with Crippen LogP contribution >= 0.6 is 11.6 Å². The molecular formula is C16H10ClF3N2. The van der Waals surface area contributed by atoms with Crippen LogP contribution in [0.1, 0.15) is 5.56 Å². The van der Waals surface area contributed by atoms with Crippen LogP contribution in [0.25, 0.3) is 22.5 Å². The highest BCUT2D eigenvalue weighted by Gasteiger charge is 2.39. The van der Waals surface area contributed by atoms with Gasteiger partial charge in [-0.2, -0.15) is 18.3 Å². The first-order valence-electron chi connectivity index (χ1n) is 6.44.